The summed E-state index contributed by atoms with van der Waals surface area (Å²) in [5, 5.41) is 2.84. The summed E-state index contributed by atoms with van der Waals surface area (Å²) in [5.41, 5.74) is 0. The smallest absolute Gasteiger partial charge is 0.243 e. The van der Waals surface area contributed by atoms with Gasteiger partial charge in [0.15, 0.2) is 0 Å². The molecule has 0 saturated carbocycles. The molecule has 3 heteroatoms. The molecule has 0 saturated heterocycles. The van der Waals surface area contributed by atoms with E-state index in [0.717, 1.165) is 6.42 Å². The molecule has 0 aromatic carbocycles. The zero-order valence-electron chi connectivity index (χ0n) is 8.54. The van der Waals surface area contributed by atoms with Crippen molar-refractivity contribution in [3.63, 3.8) is 0 Å². The molecule has 0 radical (unpaired) electrons. The Balaban J connectivity index is 2.44. The van der Waals surface area contributed by atoms with Gasteiger partial charge in [0.1, 0.15) is 0 Å². The van der Waals surface area contributed by atoms with Crippen LogP contribution in [0.4, 0.5) is 0 Å². The fraction of sp³-hybridized carbons (Fsp3) is 0.364. The summed E-state index contributed by atoms with van der Waals surface area (Å²) in [6.45, 7) is 7.50. The molecule has 1 rings (SSSR count). The minimum atomic E-state index is -0.106. The van der Waals surface area contributed by atoms with Gasteiger partial charge in [-0.2, -0.15) is 0 Å². The quantitative estimate of drug-likeness (QED) is 0.757. The summed E-state index contributed by atoms with van der Waals surface area (Å²) in [4.78, 5) is 13.6. The van der Waals surface area contributed by atoms with E-state index in [1.54, 1.807) is 11.3 Å². The molecule has 1 unspecified atom stereocenters. The van der Waals surface area contributed by atoms with Crippen LogP contribution < -0.4 is 5.32 Å². The average molecular weight is 209 g/mol. The van der Waals surface area contributed by atoms with Crippen LogP contribution in [0, 0.1) is 6.92 Å². The molecule has 0 aliphatic rings. The SMILES string of the molecule is C=CC(=O)NC(C)Cc1ccc(C)s1. The number of carbonyl (C=O) groups excluding carboxylic acids is 1. The molecule has 14 heavy (non-hydrogen) atoms. The van der Waals surface area contributed by atoms with Gasteiger partial charge in [0.25, 0.3) is 0 Å². The normalized spacial score (nSPS) is 12.1. The second-order valence-electron chi connectivity index (χ2n) is 3.33. The molecule has 0 aliphatic carbocycles. The summed E-state index contributed by atoms with van der Waals surface area (Å²) in [6, 6.07) is 4.37. The van der Waals surface area contributed by atoms with Gasteiger partial charge in [-0.3, -0.25) is 4.79 Å². The highest BCUT2D eigenvalue weighted by Crippen LogP contribution is 2.16. The molecule has 1 amide bonds. The summed E-state index contributed by atoms with van der Waals surface area (Å²) >= 11 is 1.77. The van der Waals surface area contributed by atoms with Crippen LogP contribution in [0.25, 0.3) is 0 Å². The molecule has 0 spiro atoms. The third kappa shape index (κ3) is 3.34. The molecular weight excluding hydrogens is 194 g/mol. The Bertz CT molecular complexity index is 330. The highest BCUT2D eigenvalue weighted by molar-refractivity contribution is 7.11. The van der Waals surface area contributed by atoms with E-state index >= 15 is 0 Å². The van der Waals surface area contributed by atoms with Crippen LogP contribution in [-0.4, -0.2) is 11.9 Å². The highest BCUT2D eigenvalue weighted by Gasteiger charge is 2.06. The molecule has 1 aromatic heterocycles. The van der Waals surface area contributed by atoms with Gasteiger partial charge in [0.2, 0.25) is 5.91 Å². The van der Waals surface area contributed by atoms with Gasteiger partial charge in [-0.1, -0.05) is 6.58 Å². The van der Waals surface area contributed by atoms with Gasteiger partial charge in [0, 0.05) is 22.2 Å². The van der Waals surface area contributed by atoms with Crippen LogP contribution >= 0.6 is 11.3 Å². The minimum Gasteiger partial charge on any atom is -0.350 e. The topological polar surface area (TPSA) is 29.1 Å². The summed E-state index contributed by atoms with van der Waals surface area (Å²) in [6.07, 6.45) is 2.19. The van der Waals surface area contributed by atoms with Crippen molar-refractivity contribution in [2.24, 2.45) is 0 Å². The first-order valence-electron chi connectivity index (χ1n) is 4.60. The molecule has 76 valence electrons. The van der Waals surface area contributed by atoms with E-state index in [4.69, 9.17) is 0 Å². The van der Waals surface area contributed by atoms with Gasteiger partial charge in [-0.15, -0.1) is 11.3 Å². The van der Waals surface area contributed by atoms with Crippen molar-refractivity contribution in [1.29, 1.82) is 0 Å². The van der Waals surface area contributed by atoms with Crippen molar-refractivity contribution in [1.82, 2.24) is 5.32 Å². The van der Waals surface area contributed by atoms with E-state index < -0.39 is 0 Å². The first-order valence-corrected chi connectivity index (χ1v) is 5.41. The van der Waals surface area contributed by atoms with Crippen LogP contribution in [0.5, 0.6) is 0 Å². The molecule has 1 atom stereocenters. The molecule has 0 fully saturated rings. The maximum atomic E-state index is 11.0. The van der Waals surface area contributed by atoms with Crippen molar-refractivity contribution >= 4 is 17.2 Å². The Hall–Kier alpha value is -1.09. The number of carbonyl (C=O) groups is 1. The molecule has 1 aromatic rings. The summed E-state index contributed by atoms with van der Waals surface area (Å²) < 4.78 is 0. The fourth-order valence-electron chi connectivity index (χ4n) is 1.25. The van der Waals surface area contributed by atoms with Gasteiger partial charge >= 0.3 is 0 Å². The number of hydrogen-bond acceptors (Lipinski definition) is 2. The fourth-order valence-corrected chi connectivity index (χ4v) is 2.27. The molecule has 1 N–H and O–H groups in total. The van der Waals surface area contributed by atoms with Gasteiger partial charge < -0.3 is 5.32 Å². The zero-order chi connectivity index (χ0) is 10.6. The number of rotatable bonds is 4. The van der Waals surface area contributed by atoms with Gasteiger partial charge in [0.05, 0.1) is 0 Å². The lowest BCUT2D eigenvalue weighted by Crippen LogP contribution is -2.32. The van der Waals surface area contributed by atoms with E-state index in [9.17, 15) is 4.79 Å². The van der Waals surface area contributed by atoms with Crippen molar-refractivity contribution in [3.05, 3.63) is 34.5 Å². The standard InChI is InChI=1S/C11H15NOS/c1-4-11(13)12-8(2)7-10-6-5-9(3)14-10/h4-6,8H,1,7H2,2-3H3,(H,12,13). The van der Waals surface area contributed by atoms with Crippen LogP contribution in [-0.2, 0) is 11.2 Å². The Morgan fingerprint density at radius 2 is 2.43 bits per heavy atom. The summed E-state index contributed by atoms with van der Waals surface area (Å²) in [5.74, 6) is -0.106. The number of amides is 1. The molecule has 2 nitrogen and oxygen atoms in total. The van der Waals surface area contributed by atoms with Crippen molar-refractivity contribution in [2.75, 3.05) is 0 Å². The Kier molecular flexibility index (Phi) is 3.89. The van der Waals surface area contributed by atoms with E-state index in [-0.39, 0.29) is 11.9 Å². The predicted octanol–water partition coefficient (Wildman–Crippen LogP) is 2.29. The van der Waals surface area contributed by atoms with E-state index in [2.05, 4.69) is 31.0 Å². The van der Waals surface area contributed by atoms with Crippen molar-refractivity contribution < 1.29 is 4.79 Å². The maximum absolute atomic E-state index is 11.0. The minimum absolute atomic E-state index is 0.106. The Labute approximate surface area is 88.6 Å². The molecule has 0 bridgehead atoms. The Morgan fingerprint density at radius 3 is 2.93 bits per heavy atom. The lowest BCUT2D eigenvalue weighted by molar-refractivity contribution is -0.117. The lowest BCUT2D eigenvalue weighted by atomic mass is 10.2. The average Bonchev–Trinajstić information content (AvgIpc) is 2.50. The maximum Gasteiger partial charge on any atom is 0.243 e. The highest BCUT2D eigenvalue weighted by atomic mass is 32.1. The Morgan fingerprint density at radius 1 is 1.71 bits per heavy atom. The largest absolute Gasteiger partial charge is 0.350 e. The number of aryl methyl sites for hydroxylation is 1. The molecule has 0 aliphatic heterocycles. The number of hydrogen-bond donors (Lipinski definition) is 1. The number of nitrogens with one attached hydrogen (secondary N) is 1. The van der Waals surface area contributed by atoms with Crippen LogP contribution in [0.3, 0.4) is 0 Å². The second-order valence-corrected chi connectivity index (χ2v) is 4.70. The molecule has 1 heterocycles. The second kappa shape index (κ2) is 4.96. The summed E-state index contributed by atoms with van der Waals surface area (Å²) in [7, 11) is 0. The van der Waals surface area contributed by atoms with Crippen LogP contribution in [0.15, 0.2) is 24.8 Å². The van der Waals surface area contributed by atoms with Crippen molar-refractivity contribution in [3.8, 4) is 0 Å². The third-order valence-corrected chi connectivity index (χ3v) is 2.90. The molecular formula is C11H15NOS. The first-order chi connectivity index (χ1) is 6.61. The van der Waals surface area contributed by atoms with Crippen LogP contribution in [0.1, 0.15) is 16.7 Å². The van der Waals surface area contributed by atoms with Gasteiger partial charge in [-0.25, -0.2) is 0 Å². The first kappa shape index (κ1) is 11.0. The lowest BCUT2D eigenvalue weighted by Gasteiger charge is -2.10. The van der Waals surface area contributed by atoms with E-state index in [1.807, 2.05) is 6.92 Å². The van der Waals surface area contributed by atoms with Crippen LogP contribution in [0.2, 0.25) is 0 Å². The third-order valence-electron chi connectivity index (χ3n) is 1.88. The van der Waals surface area contributed by atoms with E-state index in [0.29, 0.717) is 0 Å². The predicted molar refractivity (Wildman–Crippen MR) is 60.6 cm³/mol. The van der Waals surface area contributed by atoms with E-state index in [1.165, 1.54) is 15.8 Å². The van der Waals surface area contributed by atoms with Gasteiger partial charge in [-0.05, 0) is 32.1 Å². The zero-order valence-corrected chi connectivity index (χ0v) is 9.36. The monoisotopic (exact) mass is 209 g/mol. The van der Waals surface area contributed by atoms with Crippen molar-refractivity contribution in [2.45, 2.75) is 26.3 Å². The number of thiophene rings is 1.